The standard InChI is InChI=1S/C18H23NO4S2.C13H15NO4S2.C9H9NS.3CH4/c1-13-15-5-3-4-6-16(15)24-18(13)19(11-9-14-7-8-14)25(21,22)12-10-17(20)23-2;1-9-10-5-3-4-6-11(10)19-13(9)14-20(16,17)8-7-12(15)18-2;1-6-7-4-2-3-5-8(7)11-9(6)10;;;/h3-6,14H,7-12H2,1-2H3;3-6,14H,7-8H2,1-2H3;2-5H,10H2,1H3;3*1H4. The summed E-state index contributed by atoms with van der Waals surface area (Å²) in [4.78, 5) is 22.4. The number of carbonyl (C=O) groups is 2. The molecule has 3 aromatic carbocycles. The van der Waals surface area contributed by atoms with Crippen LogP contribution in [0.25, 0.3) is 30.3 Å². The summed E-state index contributed by atoms with van der Waals surface area (Å²) in [6.45, 7) is 6.38. The van der Waals surface area contributed by atoms with Crippen LogP contribution in [0.15, 0.2) is 72.8 Å². The Morgan fingerprint density at radius 2 is 1.15 bits per heavy atom. The Morgan fingerprint density at radius 3 is 1.63 bits per heavy atom. The van der Waals surface area contributed by atoms with E-state index in [-0.39, 0.29) is 46.6 Å². The van der Waals surface area contributed by atoms with Gasteiger partial charge in [0.1, 0.15) is 10.0 Å². The molecule has 16 heteroatoms. The van der Waals surface area contributed by atoms with Crippen LogP contribution in [0.1, 0.15) is 71.1 Å². The largest absolute Gasteiger partial charge is 0.469 e. The Labute approximate surface area is 362 Å². The van der Waals surface area contributed by atoms with E-state index >= 15 is 0 Å². The van der Waals surface area contributed by atoms with Gasteiger partial charge in [-0.3, -0.25) is 18.6 Å². The van der Waals surface area contributed by atoms with Crippen LogP contribution in [0.5, 0.6) is 0 Å². The molecule has 1 aliphatic carbocycles. The number of nitrogen functional groups attached to an aromatic ring is 1. The van der Waals surface area contributed by atoms with Crippen molar-refractivity contribution in [2.24, 2.45) is 5.92 Å². The van der Waals surface area contributed by atoms with Gasteiger partial charge in [-0.25, -0.2) is 16.8 Å². The highest BCUT2D eigenvalue weighted by Crippen LogP contribution is 2.41. The maximum Gasteiger partial charge on any atom is 0.306 e. The lowest BCUT2D eigenvalue weighted by Crippen LogP contribution is -2.34. The van der Waals surface area contributed by atoms with Crippen molar-refractivity contribution in [2.45, 2.75) is 75.2 Å². The Morgan fingerprint density at radius 1 is 0.695 bits per heavy atom. The molecule has 0 amide bonds. The van der Waals surface area contributed by atoms with Gasteiger partial charge < -0.3 is 15.2 Å². The zero-order chi connectivity index (χ0) is 40.6. The van der Waals surface area contributed by atoms with E-state index in [1.54, 1.807) is 11.3 Å². The first-order chi connectivity index (χ1) is 26.6. The summed E-state index contributed by atoms with van der Waals surface area (Å²) in [5.41, 5.74) is 8.86. The molecule has 1 fully saturated rings. The molecule has 59 heavy (non-hydrogen) atoms. The molecular formula is C43H59N3O8S5. The van der Waals surface area contributed by atoms with E-state index in [2.05, 4.69) is 33.3 Å². The fourth-order valence-electron chi connectivity index (χ4n) is 5.87. The first kappa shape index (κ1) is 50.9. The molecule has 0 atom stereocenters. The third kappa shape index (κ3) is 13.4. The molecule has 324 valence electrons. The molecule has 0 unspecified atom stereocenters. The van der Waals surface area contributed by atoms with Crippen LogP contribution >= 0.6 is 34.0 Å². The van der Waals surface area contributed by atoms with Gasteiger partial charge in [-0.05, 0) is 84.2 Å². The molecule has 3 N–H and O–H groups in total. The second kappa shape index (κ2) is 22.4. The number of fused-ring (bicyclic) bond motifs is 3. The maximum atomic E-state index is 12.9. The van der Waals surface area contributed by atoms with E-state index in [0.717, 1.165) is 47.7 Å². The molecule has 0 spiro atoms. The molecular weight excluding hydrogens is 847 g/mol. The van der Waals surface area contributed by atoms with Gasteiger partial charge in [0.05, 0.1) is 43.6 Å². The monoisotopic (exact) mass is 905 g/mol. The Kier molecular flexibility index (Phi) is 19.3. The Hall–Kier alpha value is -4.22. The molecule has 0 aliphatic heterocycles. The molecule has 1 saturated carbocycles. The number of nitrogens with one attached hydrogen (secondary N) is 1. The minimum absolute atomic E-state index is 0. The van der Waals surface area contributed by atoms with Crippen LogP contribution in [0.2, 0.25) is 0 Å². The first-order valence-corrected chi connectivity index (χ1v) is 23.7. The average Bonchev–Trinajstić information content (AvgIpc) is 3.81. The highest BCUT2D eigenvalue weighted by molar-refractivity contribution is 7.93. The normalized spacial score (nSPS) is 12.1. The number of esters is 2. The second-order valence-electron chi connectivity index (χ2n) is 13.4. The van der Waals surface area contributed by atoms with Crippen molar-refractivity contribution < 1.29 is 35.9 Å². The molecule has 7 rings (SSSR count). The average molecular weight is 906 g/mol. The highest BCUT2D eigenvalue weighted by Gasteiger charge is 2.30. The van der Waals surface area contributed by atoms with Crippen molar-refractivity contribution >= 4 is 111 Å². The molecule has 6 aromatic rings. The molecule has 11 nitrogen and oxygen atoms in total. The molecule has 0 bridgehead atoms. The number of hydrogen-bond acceptors (Lipinski definition) is 12. The number of nitrogens with two attached hydrogens (primary N) is 1. The number of benzene rings is 3. The molecule has 1 aliphatic rings. The fourth-order valence-corrected chi connectivity index (χ4v) is 12.3. The van der Waals surface area contributed by atoms with Gasteiger partial charge in [0.25, 0.3) is 0 Å². The zero-order valence-corrected chi connectivity index (χ0v) is 36.1. The van der Waals surface area contributed by atoms with E-state index in [1.807, 2.05) is 74.5 Å². The lowest BCUT2D eigenvalue weighted by atomic mass is 10.2. The number of sulfonamides is 2. The van der Waals surface area contributed by atoms with Crippen LogP contribution in [0, 0.1) is 26.7 Å². The van der Waals surface area contributed by atoms with Crippen molar-refractivity contribution in [3.63, 3.8) is 0 Å². The van der Waals surface area contributed by atoms with Gasteiger partial charge in [-0.2, -0.15) is 0 Å². The van der Waals surface area contributed by atoms with E-state index in [4.69, 9.17) is 5.73 Å². The number of hydrogen-bond donors (Lipinski definition) is 2. The Balaban J connectivity index is 0.000000317. The van der Waals surface area contributed by atoms with Crippen LogP contribution in [0.4, 0.5) is 15.0 Å². The van der Waals surface area contributed by atoms with E-state index in [0.29, 0.717) is 17.5 Å². The third-order valence-electron chi connectivity index (χ3n) is 9.39. The number of nitrogens with zero attached hydrogens (tertiary/aromatic N) is 1. The van der Waals surface area contributed by atoms with Crippen LogP contribution < -0.4 is 14.8 Å². The summed E-state index contributed by atoms with van der Waals surface area (Å²) in [6.07, 6.45) is 2.95. The number of methoxy groups -OCH3 is 2. The molecule has 3 aromatic heterocycles. The van der Waals surface area contributed by atoms with E-state index < -0.39 is 32.0 Å². The molecule has 0 radical (unpaired) electrons. The summed E-state index contributed by atoms with van der Waals surface area (Å²) < 4.78 is 66.2. The number of thiophene rings is 3. The van der Waals surface area contributed by atoms with Crippen molar-refractivity contribution in [3.8, 4) is 0 Å². The summed E-state index contributed by atoms with van der Waals surface area (Å²) >= 11 is 4.54. The fraction of sp³-hybridized carbons (Fsp3) is 0.395. The minimum atomic E-state index is -3.58. The van der Waals surface area contributed by atoms with Crippen LogP contribution in [0.3, 0.4) is 0 Å². The summed E-state index contributed by atoms with van der Waals surface area (Å²) in [5, 5.41) is 5.70. The SMILES string of the molecule is C.C.C.COC(=O)CCS(=O)(=O)N(CCC1CC1)c1sc2ccccc2c1C.COC(=O)CCS(=O)(=O)Nc1sc2ccccc2c1C.Cc1c(N)sc2ccccc12. The number of ether oxygens (including phenoxy) is 2. The number of anilines is 3. The minimum Gasteiger partial charge on any atom is -0.469 e. The molecule has 3 heterocycles. The van der Waals surface area contributed by atoms with Crippen molar-refractivity contribution in [1.29, 1.82) is 0 Å². The number of carbonyl (C=O) groups excluding carboxylic acids is 2. The van der Waals surface area contributed by atoms with Gasteiger partial charge in [0, 0.05) is 20.6 Å². The summed E-state index contributed by atoms with van der Waals surface area (Å²) in [7, 11) is -4.62. The number of aryl methyl sites for hydroxylation is 3. The lowest BCUT2D eigenvalue weighted by molar-refractivity contribution is -0.141. The van der Waals surface area contributed by atoms with Gasteiger partial charge >= 0.3 is 11.9 Å². The van der Waals surface area contributed by atoms with Gasteiger partial charge in [-0.1, -0.05) is 89.7 Å². The predicted octanol–water partition coefficient (Wildman–Crippen LogP) is 10.9. The molecule has 0 saturated heterocycles. The lowest BCUT2D eigenvalue weighted by Gasteiger charge is -2.23. The topological polar surface area (TPSA) is 162 Å². The summed E-state index contributed by atoms with van der Waals surface area (Å²) in [6, 6.07) is 24.0. The van der Waals surface area contributed by atoms with Crippen molar-refractivity contribution in [1.82, 2.24) is 0 Å². The highest BCUT2D eigenvalue weighted by atomic mass is 32.2. The van der Waals surface area contributed by atoms with E-state index in [1.165, 1.54) is 69.7 Å². The number of rotatable bonds is 13. The third-order valence-corrected chi connectivity index (χ3v) is 16.2. The van der Waals surface area contributed by atoms with Gasteiger partial charge in [0.2, 0.25) is 20.0 Å². The van der Waals surface area contributed by atoms with Crippen LogP contribution in [-0.2, 0) is 39.1 Å². The van der Waals surface area contributed by atoms with E-state index in [9.17, 15) is 26.4 Å². The smallest absolute Gasteiger partial charge is 0.306 e. The maximum absolute atomic E-state index is 12.9. The first-order valence-electron chi connectivity index (χ1n) is 18.0. The Bertz CT molecular complexity index is 2540. The van der Waals surface area contributed by atoms with Crippen molar-refractivity contribution in [3.05, 3.63) is 89.5 Å². The zero-order valence-electron chi connectivity index (χ0n) is 32.0. The second-order valence-corrected chi connectivity index (χ2v) is 20.4. The van der Waals surface area contributed by atoms with Crippen LogP contribution in [-0.4, -0.2) is 61.0 Å². The summed E-state index contributed by atoms with van der Waals surface area (Å²) in [5.74, 6) is -0.916. The van der Waals surface area contributed by atoms with Gasteiger partial charge in [-0.15, -0.1) is 34.0 Å². The predicted molar refractivity (Wildman–Crippen MR) is 253 cm³/mol. The quantitative estimate of drug-likeness (QED) is 0.107. The van der Waals surface area contributed by atoms with Gasteiger partial charge in [0.15, 0.2) is 0 Å². The van der Waals surface area contributed by atoms with Crippen molar-refractivity contribution in [2.75, 3.05) is 47.0 Å².